The van der Waals surface area contributed by atoms with Crippen LogP contribution in [-0.2, 0) is 6.42 Å². The molecule has 0 aromatic heterocycles. The molecule has 0 spiro atoms. The summed E-state index contributed by atoms with van der Waals surface area (Å²) >= 11 is 0. The molecule has 4 nitrogen and oxygen atoms in total. The summed E-state index contributed by atoms with van der Waals surface area (Å²) in [6.45, 7) is 3.64. The lowest BCUT2D eigenvalue weighted by molar-refractivity contribution is 0.248. The molecule has 0 atom stereocenters. The van der Waals surface area contributed by atoms with Gasteiger partial charge in [0.15, 0.2) is 11.5 Å². The largest absolute Gasteiger partial charge is 0.490 e. The van der Waals surface area contributed by atoms with Crippen LogP contribution in [0.2, 0.25) is 0 Å². The van der Waals surface area contributed by atoms with Crippen molar-refractivity contribution >= 4 is 0 Å². The van der Waals surface area contributed by atoms with Gasteiger partial charge < -0.3 is 19.5 Å². The van der Waals surface area contributed by atoms with Gasteiger partial charge in [0, 0.05) is 26.1 Å². The molecular weight excluding hydrogens is 242 g/mol. The van der Waals surface area contributed by atoms with Gasteiger partial charge in [-0.1, -0.05) is 6.07 Å². The van der Waals surface area contributed by atoms with E-state index in [0.29, 0.717) is 0 Å². The normalized spacial score (nSPS) is 14.5. The van der Waals surface area contributed by atoms with Crippen molar-refractivity contribution in [3.63, 3.8) is 0 Å². The molecule has 1 aromatic rings. The first-order chi connectivity index (χ1) is 9.29. The van der Waals surface area contributed by atoms with Crippen LogP contribution in [0.25, 0.3) is 0 Å². The molecule has 1 aliphatic rings. The van der Waals surface area contributed by atoms with Gasteiger partial charge >= 0.3 is 0 Å². The minimum atomic E-state index is 0.258. The fourth-order valence-electron chi connectivity index (χ4n) is 2.14. The van der Waals surface area contributed by atoms with Crippen molar-refractivity contribution in [2.75, 3.05) is 40.0 Å². The molecule has 0 saturated carbocycles. The number of hydrogen-bond acceptors (Lipinski definition) is 4. The molecule has 4 heteroatoms. The summed E-state index contributed by atoms with van der Waals surface area (Å²) in [5.41, 5.74) is 1.26. The van der Waals surface area contributed by atoms with Crippen LogP contribution in [0.1, 0.15) is 18.4 Å². The summed E-state index contributed by atoms with van der Waals surface area (Å²) in [4.78, 5) is 2.24. The average molecular weight is 265 g/mol. The van der Waals surface area contributed by atoms with Crippen LogP contribution in [0.5, 0.6) is 11.5 Å². The van der Waals surface area contributed by atoms with Crippen LogP contribution in [0.3, 0.4) is 0 Å². The lowest BCUT2D eigenvalue weighted by Gasteiger charge is -2.16. The molecule has 0 fully saturated rings. The third-order valence-corrected chi connectivity index (χ3v) is 3.29. The Balaban J connectivity index is 1.89. The summed E-state index contributed by atoms with van der Waals surface area (Å²) in [7, 11) is 2.08. The molecule has 1 N–H and O–H groups in total. The fraction of sp³-hybridized carbons (Fsp3) is 0.600. The minimum absolute atomic E-state index is 0.258. The van der Waals surface area contributed by atoms with E-state index < -0.39 is 0 Å². The molecule has 0 amide bonds. The van der Waals surface area contributed by atoms with Crippen molar-refractivity contribution < 1.29 is 14.6 Å². The van der Waals surface area contributed by atoms with Crippen molar-refractivity contribution in [1.82, 2.24) is 4.90 Å². The third-order valence-electron chi connectivity index (χ3n) is 3.29. The number of likely N-dealkylation sites (N-methyl/N-ethyl adjacent to an activating group) is 1. The molecule has 2 rings (SSSR count). The first-order valence-electron chi connectivity index (χ1n) is 6.97. The van der Waals surface area contributed by atoms with Gasteiger partial charge in [0.05, 0.1) is 13.2 Å². The monoisotopic (exact) mass is 265 g/mol. The zero-order chi connectivity index (χ0) is 13.5. The Bertz CT molecular complexity index is 395. The highest BCUT2D eigenvalue weighted by Gasteiger charge is 2.10. The average Bonchev–Trinajstić information content (AvgIpc) is 2.67. The van der Waals surface area contributed by atoms with E-state index in [0.717, 1.165) is 57.1 Å². The summed E-state index contributed by atoms with van der Waals surface area (Å²) in [5, 5.41) is 8.80. The van der Waals surface area contributed by atoms with Crippen LogP contribution < -0.4 is 9.47 Å². The highest BCUT2D eigenvalue weighted by atomic mass is 16.5. The molecular formula is C15H23NO3. The maximum Gasteiger partial charge on any atom is 0.161 e. The minimum Gasteiger partial charge on any atom is -0.490 e. The maximum absolute atomic E-state index is 8.80. The Morgan fingerprint density at radius 1 is 1.16 bits per heavy atom. The Kier molecular flexibility index (Phi) is 5.48. The van der Waals surface area contributed by atoms with E-state index in [-0.39, 0.29) is 6.61 Å². The predicted octanol–water partition coefficient (Wildman–Crippen LogP) is 1.70. The number of rotatable bonds is 6. The van der Waals surface area contributed by atoms with Crippen LogP contribution in [0.4, 0.5) is 0 Å². The quantitative estimate of drug-likeness (QED) is 0.850. The number of ether oxygens (including phenoxy) is 2. The second-order valence-corrected chi connectivity index (χ2v) is 4.96. The lowest BCUT2D eigenvalue weighted by atomic mass is 10.1. The zero-order valence-electron chi connectivity index (χ0n) is 11.6. The van der Waals surface area contributed by atoms with Gasteiger partial charge in [0.2, 0.25) is 0 Å². The molecule has 1 aliphatic heterocycles. The van der Waals surface area contributed by atoms with Crippen LogP contribution in [0.15, 0.2) is 18.2 Å². The summed E-state index contributed by atoms with van der Waals surface area (Å²) in [6.07, 6.45) is 2.75. The number of fused-ring (bicyclic) bond motifs is 1. The molecule has 106 valence electrons. The van der Waals surface area contributed by atoms with E-state index in [9.17, 15) is 0 Å². The Morgan fingerprint density at radius 2 is 1.95 bits per heavy atom. The van der Waals surface area contributed by atoms with Gasteiger partial charge in [-0.2, -0.15) is 0 Å². The fourth-order valence-corrected chi connectivity index (χ4v) is 2.14. The Morgan fingerprint density at radius 3 is 2.74 bits per heavy atom. The smallest absolute Gasteiger partial charge is 0.161 e. The van der Waals surface area contributed by atoms with Crippen LogP contribution >= 0.6 is 0 Å². The summed E-state index contributed by atoms with van der Waals surface area (Å²) in [5.74, 6) is 1.72. The topological polar surface area (TPSA) is 41.9 Å². The van der Waals surface area contributed by atoms with E-state index in [4.69, 9.17) is 14.6 Å². The van der Waals surface area contributed by atoms with Crippen LogP contribution in [0, 0.1) is 0 Å². The molecule has 0 saturated heterocycles. The van der Waals surface area contributed by atoms with E-state index in [2.05, 4.69) is 24.1 Å². The van der Waals surface area contributed by atoms with Crippen molar-refractivity contribution in [3.8, 4) is 11.5 Å². The highest BCUT2D eigenvalue weighted by Crippen LogP contribution is 2.30. The Labute approximate surface area is 114 Å². The number of aliphatic hydroxyl groups excluding tert-OH is 1. The summed E-state index contributed by atoms with van der Waals surface area (Å²) < 4.78 is 11.3. The molecule has 0 bridgehead atoms. The van der Waals surface area contributed by atoms with Gasteiger partial charge in [-0.25, -0.2) is 0 Å². The van der Waals surface area contributed by atoms with E-state index in [1.54, 1.807) is 0 Å². The van der Waals surface area contributed by atoms with E-state index >= 15 is 0 Å². The van der Waals surface area contributed by atoms with E-state index in [1.165, 1.54) is 5.56 Å². The van der Waals surface area contributed by atoms with E-state index in [1.807, 2.05) is 6.07 Å². The van der Waals surface area contributed by atoms with Crippen molar-refractivity contribution in [2.45, 2.75) is 19.3 Å². The number of nitrogens with zero attached hydrogens (tertiary/aromatic N) is 1. The lowest BCUT2D eigenvalue weighted by Crippen LogP contribution is -2.23. The SMILES string of the molecule is CN(CCCO)CCc1ccc2c(c1)OCCCO2. The second-order valence-electron chi connectivity index (χ2n) is 4.96. The van der Waals surface area contributed by atoms with Crippen molar-refractivity contribution in [2.24, 2.45) is 0 Å². The molecule has 0 radical (unpaired) electrons. The first-order valence-corrected chi connectivity index (χ1v) is 6.97. The van der Waals surface area contributed by atoms with Crippen molar-refractivity contribution in [1.29, 1.82) is 0 Å². The molecule has 19 heavy (non-hydrogen) atoms. The van der Waals surface area contributed by atoms with Crippen molar-refractivity contribution in [3.05, 3.63) is 23.8 Å². The molecule has 0 unspecified atom stereocenters. The zero-order valence-corrected chi connectivity index (χ0v) is 11.6. The van der Waals surface area contributed by atoms with Gasteiger partial charge in [-0.3, -0.25) is 0 Å². The molecule has 1 aromatic carbocycles. The second kappa shape index (κ2) is 7.36. The molecule has 0 aliphatic carbocycles. The first kappa shape index (κ1) is 14.2. The van der Waals surface area contributed by atoms with Gasteiger partial charge in [-0.15, -0.1) is 0 Å². The number of hydrogen-bond donors (Lipinski definition) is 1. The summed E-state index contributed by atoms with van der Waals surface area (Å²) in [6, 6.07) is 6.19. The maximum atomic E-state index is 8.80. The van der Waals surface area contributed by atoms with Gasteiger partial charge in [0.1, 0.15) is 0 Å². The van der Waals surface area contributed by atoms with Gasteiger partial charge in [-0.05, 0) is 37.6 Å². The molecule has 1 heterocycles. The van der Waals surface area contributed by atoms with Crippen LogP contribution in [-0.4, -0.2) is 50.0 Å². The highest BCUT2D eigenvalue weighted by molar-refractivity contribution is 5.43. The number of benzene rings is 1. The standard InChI is InChI=1S/C15H23NO3/c1-16(7-2-9-17)8-6-13-4-5-14-15(12-13)19-11-3-10-18-14/h4-5,12,17H,2-3,6-11H2,1H3. The third kappa shape index (κ3) is 4.40. The Hall–Kier alpha value is -1.26. The number of aliphatic hydroxyl groups is 1. The predicted molar refractivity (Wildman–Crippen MR) is 75.0 cm³/mol. The van der Waals surface area contributed by atoms with Gasteiger partial charge in [0.25, 0.3) is 0 Å².